The van der Waals surface area contributed by atoms with Crippen LogP contribution in [0.1, 0.15) is 12.8 Å². The maximum Gasteiger partial charge on any atom is 0.238 e. The highest BCUT2D eigenvalue weighted by molar-refractivity contribution is 7.92. The molecule has 0 unspecified atom stereocenters. The number of nitrogens with two attached hydrogens (primary N) is 1. The third-order valence-electron chi connectivity index (χ3n) is 2.56. The van der Waals surface area contributed by atoms with Gasteiger partial charge in [0.25, 0.3) is 0 Å². The fourth-order valence-electron chi connectivity index (χ4n) is 1.55. The van der Waals surface area contributed by atoms with Gasteiger partial charge in [0, 0.05) is 5.88 Å². The van der Waals surface area contributed by atoms with E-state index < -0.39 is 20.0 Å². The Balaban J connectivity index is 3.05. The molecule has 0 saturated carbocycles. The van der Waals surface area contributed by atoms with Gasteiger partial charge in [-0.05, 0) is 31.0 Å². The summed E-state index contributed by atoms with van der Waals surface area (Å²) in [5.41, 5.74) is 0.0231. The lowest BCUT2D eigenvalue weighted by Crippen LogP contribution is -2.18. The summed E-state index contributed by atoms with van der Waals surface area (Å²) in [5.74, 6) is 0.450. The van der Waals surface area contributed by atoms with Crippen molar-refractivity contribution in [1.82, 2.24) is 0 Å². The second-order valence-corrected chi connectivity index (χ2v) is 8.01. The predicted octanol–water partition coefficient (Wildman–Crippen LogP) is 1.10. The Morgan fingerprint density at radius 1 is 1.24 bits per heavy atom. The third-order valence-corrected chi connectivity index (χ3v) is 5.10. The number of anilines is 1. The Morgan fingerprint density at radius 2 is 1.90 bits per heavy atom. The van der Waals surface area contributed by atoms with E-state index in [4.69, 9.17) is 21.5 Å². The summed E-state index contributed by atoms with van der Waals surface area (Å²) < 4.78 is 53.7. The Labute approximate surface area is 129 Å². The molecule has 3 N–H and O–H groups in total. The summed E-state index contributed by atoms with van der Waals surface area (Å²) in [6.45, 7) is 0. The van der Waals surface area contributed by atoms with E-state index in [2.05, 4.69) is 4.72 Å². The van der Waals surface area contributed by atoms with E-state index in [9.17, 15) is 16.8 Å². The zero-order valence-electron chi connectivity index (χ0n) is 11.4. The van der Waals surface area contributed by atoms with Crippen LogP contribution < -0.4 is 14.6 Å². The lowest BCUT2D eigenvalue weighted by atomic mass is 10.3. The molecule has 0 aromatic heterocycles. The molecular formula is C11H17ClN2O5S2. The van der Waals surface area contributed by atoms with Gasteiger partial charge in [-0.25, -0.2) is 22.0 Å². The number of alkyl halides is 1. The molecule has 1 aromatic rings. The molecule has 1 rings (SSSR count). The summed E-state index contributed by atoms with van der Waals surface area (Å²) in [4.78, 5) is -0.207. The first-order valence-corrected chi connectivity index (χ1v) is 9.70. The molecule has 7 nitrogen and oxygen atoms in total. The number of ether oxygens (including phenoxy) is 1. The molecule has 120 valence electrons. The normalized spacial score (nSPS) is 12.1. The molecule has 1 aromatic carbocycles. The number of unbranched alkanes of at least 4 members (excludes halogenated alkanes) is 1. The van der Waals surface area contributed by atoms with Crippen molar-refractivity contribution < 1.29 is 21.6 Å². The van der Waals surface area contributed by atoms with Crippen LogP contribution in [0.25, 0.3) is 0 Å². The molecule has 0 saturated heterocycles. The van der Waals surface area contributed by atoms with Crippen molar-refractivity contribution in [3.63, 3.8) is 0 Å². The first kappa shape index (κ1) is 18.0. The Kier molecular flexibility index (Phi) is 6.26. The minimum Gasteiger partial charge on any atom is -0.495 e. The second-order valence-electron chi connectivity index (χ2n) is 4.22. The molecule has 0 aliphatic heterocycles. The van der Waals surface area contributed by atoms with E-state index in [-0.39, 0.29) is 22.1 Å². The van der Waals surface area contributed by atoms with Gasteiger partial charge in [0.15, 0.2) is 0 Å². The van der Waals surface area contributed by atoms with Crippen LogP contribution in [0.4, 0.5) is 5.69 Å². The number of halogens is 1. The van der Waals surface area contributed by atoms with Crippen LogP contribution in [0.2, 0.25) is 0 Å². The van der Waals surface area contributed by atoms with Crippen LogP contribution in [-0.4, -0.2) is 35.6 Å². The summed E-state index contributed by atoms with van der Waals surface area (Å²) in [5, 5.41) is 5.02. The van der Waals surface area contributed by atoms with Crippen LogP contribution in [0, 0.1) is 0 Å². The van der Waals surface area contributed by atoms with Gasteiger partial charge >= 0.3 is 0 Å². The molecule has 0 radical (unpaired) electrons. The number of sulfonamides is 2. The molecule has 0 atom stereocenters. The van der Waals surface area contributed by atoms with Crippen molar-refractivity contribution in [1.29, 1.82) is 0 Å². The molecule has 0 spiro atoms. The van der Waals surface area contributed by atoms with Crippen molar-refractivity contribution in [3.05, 3.63) is 18.2 Å². The number of hydrogen-bond donors (Lipinski definition) is 2. The lowest BCUT2D eigenvalue weighted by molar-refractivity contribution is 0.416. The maximum atomic E-state index is 11.9. The van der Waals surface area contributed by atoms with Crippen LogP contribution >= 0.6 is 11.6 Å². The fraction of sp³-hybridized carbons (Fsp3) is 0.455. The number of benzene rings is 1. The summed E-state index contributed by atoms with van der Waals surface area (Å²) in [6, 6.07) is 3.68. The highest BCUT2D eigenvalue weighted by Gasteiger charge is 2.16. The number of rotatable bonds is 8. The number of methoxy groups -OCH3 is 1. The number of primary sulfonamides is 1. The topological polar surface area (TPSA) is 116 Å². The number of hydrogen-bond acceptors (Lipinski definition) is 5. The van der Waals surface area contributed by atoms with Crippen molar-refractivity contribution in [2.24, 2.45) is 5.14 Å². The van der Waals surface area contributed by atoms with E-state index in [0.717, 1.165) is 6.07 Å². The van der Waals surface area contributed by atoms with Crippen LogP contribution in [0.3, 0.4) is 0 Å². The van der Waals surface area contributed by atoms with E-state index >= 15 is 0 Å². The molecule has 21 heavy (non-hydrogen) atoms. The maximum absolute atomic E-state index is 11.9. The van der Waals surface area contributed by atoms with Crippen LogP contribution in [0.15, 0.2) is 23.1 Å². The van der Waals surface area contributed by atoms with Gasteiger partial charge in [0.05, 0.1) is 23.4 Å². The molecule has 0 aliphatic rings. The summed E-state index contributed by atoms with van der Waals surface area (Å²) in [7, 11) is -6.22. The summed E-state index contributed by atoms with van der Waals surface area (Å²) in [6.07, 6.45) is 0.965. The quantitative estimate of drug-likeness (QED) is 0.534. The van der Waals surface area contributed by atoms with Gasteiger partial charge < -0.3 is 4.74 Å². The van der Waals surface area contributed by atoms with Gasteiger partial charge in [-0.1, -0.05) is 0 Å². The third kappa shape index (κ3) is 5.70. The van der Waals surface area contributed by atoms with E-state index in [1.807, 2.05) is 0 Å². The van der Waals surface area contributed by atoms with Gasteiger partial charge in [-0.2, -0.15) is 0 Å². The second kappa shape index (κ2) is 7.30. The first-order chi connectivity index (χ1) is 9.69. The Hall–Kier alpha value is -1.03. The van der Waals surface area contributed by atoms with E-state index in [1.54, 1.807) is 0 Å². The zero-order valence-corrected chi connectivity index (χ0v) is 13.8. The fourth-order valence-corrected chi connectivity index (χ4v) is 3.46. The smallest absolute Gasteiger partial charge is 0.238 e. The summed E-state index contributed by atoms with van der Waals surface area (Å²) >= 11 is 5.49. The number of nitrogens with one attached hydrogen (secondary N) is 1. The van der Waals surface area contributed by atoms with E-state index in [0.29, 0.717) is 18.7 Å². The zero-order chi connectivity index (χ0) is 16.1. The predicted molar refractivity (Wildman–Crippen MR) is 81.7 cm³/mol. The van der Waals surface area contributed by atoms with Crippen molar-refractivity contribution in [3.8, 4) is 5.75 Å². The minimum absolute atomic E-state index is 0.0231. The highest BCUT2D eigenvalue weighted by atomic mass is 35.5. The van der Waals surface area contributed by atoms with Gasteiger partial charge in [0.1, 0.15) is 5.75 Å². The SMILES string of the molecule is COc1ccc(S(N)(=O)=O)cc1NS(=O)(=O)CCCCCl. The molecule has 0 amide bonds. The van der Waals surface area contributed by atoms with Gasteiger partial charge in [-0.15, -0.1) is 11.6 Å². The minimum atomic E-state index is -3.93. The van der Waals surface area contributed by atoms with E-state index in [1.165, 1.54) is 19.2 Å². The van der Waals surface area contributed by atoms with Gasteiger partial charge in [0.2, 0.25) is 20.0 Å². The monoisotopic (exact) mass is 356 g/mol. The lowest BCUT2D eigenvalue weighted by Gasteiger charge is -2.12. The first-order valence-electron chi connectivity index (χ1n) is 5.97. The van der Waals surface area contributed by atoms with Crippen molar-refractivity contribution in [2.75, 3.05) is 23.5 Å². The average Bonchev–Trinajstić information content (AvgIpc) is 2.37. The molecule has 10 heteroatoms. The molecule has 0 aliphatic carbocycles. The standard InChI is InChI=1S/C11H17ClN2O5S2/c1-19-11-5-4-9(21(13,17)18)8-10(11)14-20(15,16)7-3-2-6-12/h4-5,8,14H,2-3,6-7H2,1H3,(H2,13,17,18). The molecule has 0 heterocycles. The van der Waals surface area contributed by atoms with Gasteiger partial charge in [-0.3, -0.25) is 4.72 Å². The molecule has 0 bridgehead atoms. The van der Waals surface area contributed by atoms with Crippen LogP contribution in [-0.2, 0) is 20.0 Å². The van der Waals surface area contributed by atoms with Crippen molar-refractivity contribution >= 4 is 37.3 Å². The largest absolute Gasteiger partial charge is 0.495 e. The highest BCUT2D eigenvalue weighted by Crippen LogP contribution is 2.28. The molecular weight excluding hydrogens is 340 g/mol. The Morgan fingerprint density at radius 3 is 2.43 bits per heavy atom. The Bertz CT molecular complexity index is 689. The van der Waals surface area contributed by atoms with Crippen LogP contribution in [0.5, 0.6) is 5.75 Å². The van der Waals surface area contributed by atoms with Crippen molar-refractivity contribution in [2.45, 2.75) is 17.7 Å². The average molecular weight is 357 g/mol. The molecule has 0 fully saturated rings.